The van der Waals surface area contributed by atoms with Gasteiger partial charge >= 0.3 is 0 Å². The molecule has 3 aromatic rings. The monoisotopic (exact) mass is 481 g/mol. The van der Waals surface area contributed by atoms with Gasteiger partial charge in [-0.1, -0.05) is 48.5 Å². The summed E-state index contributed by atoms with van der Waals surface area (Å²) < 4.78 is 15.8. The van der Waals surface area contributed by atoms with Crippen molar-refractivity contribution in [2.75, 3.05) is 5.32 Å². The second kappa shape index (κ2) is 9.81. The van der Waals surface area contributed by atoms with E-state index in [1.165, 1.54) is 13.1 Å². The number of halogens is 2. The normalized spacial score (nSPS) is 15.0. The van der Waals surface area contributed by atoms with Crippen LogP contribution in [0.2, 0.25) is 5.02 Å². The van der Waals surface area contributed by atoms with Crippen LogP contribution in [0.1, 0.15) is 50.1 Å². The Kier molecular flexibility index (Phi) is 7.26. The lowest BCUT2D eigenvalue weighted by Gasteiger charge is -2.25. The van der Waals surface area contributed by atoms with E-state index in [9.17, 15) is 4.79 Å². The molecular weight excluding hydrogens is 453 g/mol. The third kappa shape index (κ3) is 5.04. The van der Waals surface area contributed by atoms with E-state index < -0.39 is 16.6 Å². The summed E-state index contributed by atoms with van der Waals surface area (Å²) in [7, 11) is 0. The fourth-order valence-corrected chi connectivity index (χ4v) is 4.00. The maximum atomic E-state index is 15.8. The quantitative estimate of drug-likeness (QED) is 0.315. The molecule has 0 saturated heterocycles. The summed E-state index contributed by atoms with van der Waals surface area (Å²) in [5.74, 6) is 0.111. The average molecular weight is 482 g/mol. The van der Waals surface area contributed by atoms with Crippen LogP contribution in [0.5, 0.6) is 0 Å². The Bertz CT molecular complexity index is 1290. The molecule has 0 saturated carbocycles. The maximum Gasteiger partial charge on any atom is 0.256 e. The molecule has 0 fully saturated rings. The molecule has 0 bridgehead atoms. The van der Waals surface area contributed by atoms with Crippen molar-refractivity contribution in [3.63, 3.8) is 0 Å². The zero-order valence-electron chi connectivity index (χ0n) is 19.8. The number of allylic oxidation sites excluding steroid dienone is 4. The summed E-state index contributed by atoms with van der Waals surface area (Å²) in [6.07, 6.45) is 9.03. The van der Waals surface area contributed by atoms with E-state index in [-0.39, 0.29) is 29.2 Å². The number of hydrogen-bond donors (Lipinski definition) is 3. The minimum Gasteiger partial charge on any atom is -0.323 e. The van der Waals surface area contributed by atoms with Gasteiger partial charge in [0, 0.05) is 28.6 Å². The van der Waals surface area contributed by atoms with Gasteiger partial charge in [-0.3, -0.25) is 14.9 Å². The smallest absolute Gasteiger partial charge is 0.256 e. The second-order valence-electron chi connectivity index (χ2n) is 8.61. The molecule has 3 rings (SSSR count). The van der Waals surface area contributed by atoms with Crippen LogP contribution in [0.25, 0.3) is 0 Å². The number of aromatic amines is 2. The molecule has 34 heavy (non-hydrogen) atoms. The average Bonchev–Trinajstić information content (AvgIpc) is 3.29. The Balaban J connectivity index is 2.13. The fraction of sp³-hybridized carbons (Fsp3) is 0.269. The molecule has 1 aromatic carbocycles. The highest BCUT2D eigenvalue weighted by atomic mass is 35.5. The van der Waals surface area contributed by atoms with Crippen molar-refractivity contribution < 1.29 is 4.39 Å². The van der Waals surface area contributed by atoms with E-state index in [0.29, 0.717) is 10.7 Å². The lowest BCUT2D eigenvalue weighted by atomic mass is 9.81. The second-order valence-corrected chi connectivity index (χ2v) is 9.02. The van der Waals surface area contributed by atoms with Gasteiger partial charge in [-0.25, -0.2) is 9.37 Å². The molecule has 0 aliphatic rings. The maximum absolute atomic E-state index is 15.8. The molecule has 6 nitrogen and oxygen atoms in total. The number of hydrogen-bond acceptors (Lipinski definition) is 4. The van der Waals surface area contributed by atoms with Gasteiger partial charge < -0.3 is 5.32 Å². The third-order valence-corrected chi connectivity index (χ3v) is 6.28. The first kappa shape index (κ1) is 25.2. The van der Waals surface area contributed by atoms with Crippen LogP contribution in [0.3, 0.4) is 0 Å². The van der Waals surface area contributed by atoms with Gasteiger partial charge in [-0.15, -0.1) is 6.58 Å². The van der Waals surface area contributed by atoms with Crippen LogP contribution in [0, 0.1) is 0 Å². The molecule has 3 N–H and O–H groups in total. The number of rotatable bonds is 9. The molecule has 178 valence electrons. The van der Waals surface area contributed by atoms with Gasteiger partial charge in [-0.2, -0.15) is 5.10 Å². The lowest BCUT2D eigenvalue weighted by molar-refractivity contribution is 0.236. The first-order valence-electron chi connectivity index (χ1n) is 10.8. The Morgan fingerprint density at radius 3 is 2.68 bits per heavy atom. The highest BCUT2D eigenvalue weighted by molar-refractivity contribution is 6.31. The number of nitrogens with one attached hydrogen (secondary N) is 3. The Morgan fingerprint density at radius 2 is 2.09 bits per heavy atom. The van der Waals surface area contributed by atoms with Crippen LogP contribution in [-0.4, -0.2) is 20.2 Å². The van der Waals surface area contributed by atoms with E-state index in [1.807, 2.05) is 44.2 Å². The van der Waals surface area contributed by atoms with Crippen LogP contribution in [0.15, 0.2) is 72.3 Å². The molecule has 0 aliphatic carbocycles. The van der Waals surface area contributed by atoms with Crippen molar-refractivity contribution in [1.82, 2.24) is 20.2 Å². The largest absolute Gasteiger partial charge is 0.323 e. The molecule has 0 radical (unpaired) electrons. The van der Waals surface area contributed by atoms with Gasteiger partial charge in [0.2, 0.25) is 5.95 Å². The van der Waals surface area contributed by atoms with Crippen molar-refractivity contribution >= 4 is 23.2 Å². The molecule has 8 heteroatoms. The highest BCUT2D eigenvalue weighted by Gasteiger charge is 2.33. The third-order valence-electron chi connectivity index (χ3n) is 5.95. The Labute approximate surface area is 203 Å². The van der Waals surface area contributed by atoms with Gasteiger partial charge in [0.25, 0.3) is 5.56 Å². The topological polar surface area (TPSA) is 86.5 Å². The number of alkyl halides is 1. The first-order valence-corrected chi connectivity index (χ1v) is 11.2. The summed E-state index contributed by atoms with van der Waals surface area (Å²) in [5, 5.41) is 10.0. The predicted octanol–water partition coefficient (Wildman–Crippen LogP) is 6.26. The molecule has 2 aromatic heterocycles. The fourth-order valence-electron chi connectivity index (χ4n) is 3.68. The van der Waals surface area contributed by atoms with Crippen molar-refractivity contribution in [3.05, 3.63) is 105 Å². The summed E-state index contributed by atoms with van der Waals surface area (Å²) >= 11 is 6.51. The number of H-pyrrole nitrogens is 2. The molecule has 0 spiro atoms. The zero-order valence-corrected chi connectivity index (χ0v) is 20.6. The SMILES string of the molecule is C=CC(C)(C=CC)c1cc(Cc2c(C(C)(F)C(=C)C)nc(Nc3cn[nH]c3)[nH]c2=O)ccc1Cl. The standard InChI is InChI=1S/C26H29ClFN5O/c1-7-11-25(5,8-2)20-13-17(9-10-21(20)27)12-19-22(26(6,28)16(3)4)32-24(33-23(19)34)31-18-14-29-30-15-18/h7-11,13-15H,2-3,12H2,1,4-6H3,(H,29,30)(H2,31,32,33,34). The molecule has 2 atom stereocenters. The van der Waals surface area contributed by atoms with E-state index in [1.54, 1.807) is 19.2 Å². The lowest BCUT2D eigenvalue weighted by Crippen LogP contribution is -2.28. The molecular formula is C26H29ClFN5O. The van der Waals surface area contributed by atoms with Crippen molar-refractivity contribution in [1.29, 1.82) is 0 Å². The number of benzene rings is 1. The highest BCUT2D eigenvalue weighted by Crippen LogP contribution is 2.36. The van der Waals surface area contributed by atoms with Gasteiger partial charge in [-0.05, 0) is 50.5 Å². The number of nitrogens with zero attached hydrogens (tertiary/aromatic N) is 2. The molecule has 2 unspecified atom stereocenters. The zero-order chi connectivity index (χ0) is 25.1. The van der Waals surface area contributed by atoms with Gasteiger partial charge in [0.05, 0.1) is 17.6 Å². The summed E-state index contributed by atoms with van der Waals surface area (Å²) in [4.78, 5) is 20.3. The molecule has 0 aliphatic heterocycles. The summed E-state index contributed by atoms with van der Waals surface area (Å²) in [6, 6.07) is 5.52. The van der Waals surface area contributed by atoms with Crippen LogP contribution < -0.4 is 10.9 Å². The number of aromatic nitrogens is 4. The van der Waals surface area contributed by atoms with Crippen LogP contribution in [-0.2, 0) is 17.5 Å². The first-order chi connectivity index (χ1) is 16.0. The minimum absolute atomic E-state index is 0.00572. The summed E-state index contributed by atoms with van der Waals surface area (Å²) in [5.41, 5.74) is -0.302. The van der Waals surface area contributed by atoms with E-state index >= 15 is 4.39 Å². The van der Waals surface area contributed by atoms with Crippen molar-refractivity contribution in [3.8, 4) is 0 Å². The van der Waals surface area contributed by atoms with E-state index in [0.717, 1.165) is 11.1 Å². The Hall–Kier alpha value is -3.45. The van der Waals surface area contributed by atoms with Crippen LogP contribution >= 0.6 is 11.6 Å². The predicted molar refractivity (Wildman–Crippen MR) is 137 cm³/mol. The van der Waals surface area contributed by atoms with E-state index in [2.05, 4.69) is 38.6 Å². The number of anilines is 2. The summed E-state index contributed by atoms with van der Waals surface area (Å²) in [6.45, 7) is 14.6. The molecule has 2 heterocycles. The van der Waals surface area contributed by atoms with Crippen molar-refractivity contribution in [2.24, 2.45) is 0 Å². The minimum atomic E-state index is -2.02. The van der Waals surface area contributed by atoms with E-state index in [4.69, 9.17) is 11.6 Å². The van der Waals surface area contributed by atoms with Crippen LogP contribution in [0.4, 0.5) is 16.0 Å². The van der Waals surface area contributed by atoms with Gasteiger partial charge in [0.1, 0.15) is 0 Å². The molecule has 0 amide bonds. The van der Waals surface area contributed by atoms with Crippen molar-refractivity contribution in [2.45, 2.75) is 45.2 Å². The van der Waals surface area contributed by atoms with Gasteiger partial charge in [0.15, 0.2) is 5.67 Å². The Morgan fingerprint density at radius 1 is 1.35 bits per heavy atom.